The molecular formula is C16H20BNO7S. The van der Waals surface area contributed by atoms with Crippen LogP contribution in [-0.4, -0.2) is 76.3 Å². The number of amides is 1. The van der Waals surface area contributed by atoms with Gasteiger partial charge < -0.3 is 29.5 Å². The number of ether oxygens (including phenoxy) is 1. The van der Waals surface area contributed by atoms with E-state index in [0.29, 0.717) is 31.5 Å². The fraction of sp³-hybridized carbons (Fsp3) is 0.500. The Bertz CT molecular complexity index is 716. The molecule has 1 unspecified atom stereocenters. The fourth-order valence-electron chi connectivity index (χ4n) is 3.17. The molecule has 1 aromatic carbocycles. The number of hydrogen-bond donors (Lipinski definition) is 3. The summed E-state index contributed by atoms with van der Waals surface area (Å²) in [5.41, 5.74) is 0.532. The van der Waals surface area contributed by atoms with Crippen molar-refractivity contribution in [3.05, 3.63) is 23.3 Å². The van der Waals surface area contributed by atoms with Crippen LogP contribution in [0.4, 0.5) is 0 Å². The largest absolute Gasteiger partial charge is 0.536 e. The van der Waals surface area contributed by atoms with Crippen LogP contribution >= 0.6 is 11.8 Å². The van der Waals surface area contributed by atoms with Crippen molar-refractivity contribution in [2.75, 3.05) is 26.0 Å². The van der Waals surface area contributed by atoms with Gasteiger partial charge in [0.15, 0.2) is 0 Å². The monoisotopic (exact) mass is 381 g/mol. The number of carbonyl (C=O) groups is 2. The molecule has 1 fully saturated rings. The van der Waals surface area contributed by atoms with Crippen LogP contribution in [0.2, 0.25) is 0 Å². The summed E-state index contributed by atoms with van der Waals surface area (Å²) in [5, 5.41) is 28.8. The SMILES string of the molecule is COc1ccc2c(c1C(=O)O)OB(O)[C@@H](SCC(=O)N1CCC(O)C1)C2. The molecule has 2 aliphatic heterocycles. The molecule has 0 spiro atoms. The molecule has 3 rings (SSSR count). The molecule has 2 heterocycles. The highest BCUT2D eigenvalue weighted by atomic mass is 32.2. The fourth-order valence-corrected chi connectivity index (χ4v) is 4.23. The summed E-state index contributed by atoms with van der Waals surface area (Å²) in [7, 11) is 0.141. The average molecular weight is 381 g/mol. The second-order valence-electron chi connectivity index (χ2n) is 6.28. The quantitative estimate of drug-likeness (QED) is 0.613. The van der Waals surface area contributed by atoms with E-state index < -0.39 is 24.3 Å². The molecule has 0 aromatic heterocycles. The van der Waals surface area contributed by atoms with Gasteiger partial charge in [-0.25, -0.2) is 4.79 Å². The number of nitrogens with zero attached hydrogens (tertiary/aromatic N) is 1. The van der Waals surface area contributed by atoms with Gasteiger partial charge in [-0.05, 0) is 24.5 Å². The van der Waals surface area contributed by atoms with Gasteiger partial charge in [0.1, 0.15) is 17.1 Å². The highest BCUT2D eigenvalue weighted by Crippen LogP contribution is 2.38. The average Bonchev–Trinajstić information content (AvgIpc) is 3.05. The predicted molar refractivity (Wildman–Crippen MR) is 95.7 cm³/mol. The Hall–Kier alpha value is -1.91. The number of aromatic carboxylic acids is 1. The second kappa shape index (κ2) is 7.77. The Morgan fingerprint density at radius 1 is 1.46 bits per heavy atom. The molecule has 0 aliphatic carbocycles. The van der Waals surface area contributed by atoms with Crippen molar-refractivity contribution in [1.29, 1.82) is 0 Å². The summed E-state index contributed by atoms with van der Waals surface area (Å²) in [5.74, 6) is -0.854. The lowest BCUT2D eigenvalue weighted by molar-refractivity contribution is -0.127. The Balaban J connectivity index is 1.69. The van der Waals surface area contributed by atoms with Crippen LogP contribution < -0.4 is 9.39 Å². The number of carbonyl (C=O) groups excluding carboxylic acids is 1. The van der Waals surface area contributed by atoms with Crippen molar-refractivity contribution < 1.29 is 34.2 Å². The first-order chi connectivity index (χ1) is 12.4. The lowest BCUT2D eigenvalue weighted by Gasteiger charge is -2.28. The number of hydrogen-bond acceptors (Lipinski definition) is 7. The molecule has 1 aromatic rings. The molecule has 140 valence electrons. The molecule has 0 bridgehead atoms. The van der Waals surface area contributed by atoms with Gasteiger partial charge in [0.2, 0.25) is 5.91 Å². The lowest BCUT2D eigenvalue weighted by atomic mass is 9.77. The maximum absolute atomic E-state index is 12.2. The number of thioether (sulfide) groups is 1. The van der Waals surface area contributed by atoms with Crippen LogP contribution in [0, 0.1) is 0 Å². The van der Waals surface area contributed by atoms with Crippen molar-refractivity contribution in [2.45, 2.75) is 24.1 Å². The molecule has 1 amide bonds. The molecule has 3 N–H and O–H groups in total. The summed E-state index contributed by atoms with van der Waals surface area (Å²) in [6.45, 7) is 0.878. The number of rotatable bonds is 5. The van der Waals surface area contributed by atoms with Crippen LogP contribution in [-0.2, 0) is 11.2 Å². The van der Waals surface area contributed by atoms with Gasteiger partial charge in [-0.3, -0.25) is 4.79 Å². The van der Waals surface area contributed by atoms with Crippen molar-refractivity contribution in [2.24, 2.45) is 0 Å². The Labute approximate surface area is 155 Å². The third-order valence-corrected chi connectivity index (χ3v) is 5.79. The zero-order chi connectivity index (χ0) is 18.8. The van der Waals surface area contributed by atoms with E-state index >= 15 is 0 Å². The summed E-state index contributed by atoms with van der Waals surface area (Å²) in [4.78, 5) is 25.3. The number of methoxy groups -OCH3 is 1. The van der Waals surface area contributed by atoms with Gasteiger partial charge in [-0.15, -0.1) is 11.8 Å². The maximum Gasteiger partial charge on any atom is 0.536 e. The lowest BCUT2D eigenvalue weighted by Crippen LogP contribution is -2.42. The van der Waals surface area contributed by atoms with Crippen LogP contribution in [0.3, 0.4) is 0 Å². The highest BCUT2D eigenvalue weighted by molar-refractivity contribution is 8.01. The number of fused-ring (bicyclic) bond motifs is 1. The number of aliphatic hydroxyl groups excluding tert-OH is 1. The number of aliphatic hydroxyl groups is 1. The normalized spacial score (nSPS) is 22.0. The summed E-state index contributed by atoms with van der Waals surface area (Å²) < 4.78 is 10.5. The van der Waals surface area contributed by atoms with Gasteiger partial charge >= 0.3 is 13.1 Å². The molecule has 0 radical (unpaired) electrons. The minimum absolute atomic E-state index is 0.0921. The molecule has 2 atom stereocenters. The van der Waals surface area contributed by atoms with E-state index in [9.17, 15) is 24.8 Å². The van der Waals surface area contributed by atoms with Crippen LogP contribution in [0.5, 0.6) is 11.5 Å². The van der Waals surface area contributed by atoms with E-state index in [1.807, 2.05) is 0 Å². The van der Waals surface area contributed by atoms with E-state index in [2.05, 4.69) is 0 Å². The molecule has 0 saturated carbocycles. The summed E-state index contributed by atoms with van der Waals surface area (Å²) in [6, 6.07) is 3.26. The van der Waals surface area contributed by atoms with Crippen LogP contribution in [0.25, 0.3) is 0 Å². The van der Waals surface area contributed by atoms with E-state index in [-0.39, 0.29) is 28.7 Å². The summed E-state index contributed by atoms with van der Waals surface area (Å²) in [6.07, 6.45) is 0.490. The molecule has 10 heteroatoms. The third kappa shape index (κ3) is 3.77. The first-order valence-electron chi connectivity index (χ1n) is 8.26. The van der Waals surface area contributed by atoms with Crippen molar-refractivity contribution in [1.82, 2.24) is 4.90 Å². The van der Waals surface area contributed by atoms with Gasteiger partial charge in [0, 0.05) is 13.1 Å². The Morgan fingerprint density at radius 3 is 2.85 bits per heavy atom. The van der Waals surface area contributed by atoms with Gasteiger partial charge in [0.05, 0.1) is 24.1 Å². The smallest absolute Gasteiger partial charge is 0.534 e. The number of likely N-dealkylation sites (tertiary alicyclic amines) is 1. The first kappa shape index (κ1) is 18.9. The maximum atomic E-state index is 12.2. The molecule has 8 nitrogen and oxygen atoms in total. The van der Waals surface area contributed by atoms with E-state index in [1.54, 1.807) is 17.0 Å². The van der Waals surface area contributed by atoms with Gasteiger partial charge in [0.25, 0.3) is 0 Å². The number of benzene rings is 1. The van der Waals surface area contributed by atoms with Crippen molar-refractivity contribution >= 4 is 30.8 Å². The van der Waals surface area contributed by atoms with Crippen LogP contribution in [0.15, 0.2) is 12.1 Å². The summed E-state index contributed by atoms with van der Waals surface area (Å²) >= 11 is 1.26. The standard InChI is InChI=1S/C16H20BNO7S/c1-24-11-3-2-9-6-12(17(23)25-15(9)14(11)16(21)22)26-8-13(20)18-5-4-10(19)7-18/h2-3,10,12,19,23H,4-8H2,1H3,(H,21,22)/t10?,12-/m0/s1. The minimum Gasteiger partial charge on any atom is -0.534 e. The van der Waals surface area contributed by atoms with Crippen LogP contribution in [0.1, 0.15) is 22.3 Å². The molecule has 26 heavy (non-hydrogen) atoms. The van der Waals surface area contributed by atoms with Crippen molar-refractivity contribution in [3.63, 3.8) is 0 Å². The minimum atomic E-state index is -1.23. The van der Waals surface area contributed by atoms with Gasteiger partial charge in [-0.2, -0.15) is 0 Å². The second-order valence-corrected chi connectivity index (χ2v) is 7.51. The molecule has 1 saturated heterocycles. The first-order valence-corrected chi connectivity index (χ1v) is 9.31. The Morgan fingerprint density at radius 2 is 2.23 bits per heavy atom. The topological polar surface area (TPSA) is 117 Å². The van der Waals surface area contributed by atoms with E-state index in [1.165, 1.54) is 18.9 Å². The third-order valence-electron chi connectivity index (χ3n) is 4.55. The zero-order valence-electron chi connectivity index (χ0n) is 14.3. The van der Waals surface area contributed by atoms with E-state index in [4.69, 9.17) is 9.39 Å². The number of carboxylic acid groups (broad SMARTS) is 1. The van der Waals surface area contributed by atoms with Gasteiger partial charge in [-0.1, -0.05) is 6.07 Å². The molecule has 2 aliphatic rings. The van der Waals surface area contributed by atoms with Crippen molar-refractivity contribution in [3.8, 4) is 11.5 Å². The molecular weight excluding hydrogens is 361 g/mol. The Kier molecular flexibility index (Phi) is 5.64. The van der Waals surface area contributed by atoms with E-state index in [0.717, 1.165) is 0 Å². The number of β-amino-alcohol motifs (C(OH)–C–C–N with tert-alkyl or cyclic N) is 1. The zero-order valence-corrected chi connectivity index (χ0v) is 15.1. The number of carboxylic acids is 1. The predicted octanol–water partition coefficient (Wildman–Crippen LogP) is 0.0430. The highest BCUT2D eigenvalue weighted by Gasteiger charge is 2.39.